The van der Waals surface area contributed by atoms with E-state index < -0.39 is 0 Å². The van der Waals surface area contributed by atoms with Crippen molar-refractivity contribution in [3.8, 4) is 33.4 Å². The third-order valence-corrected chi connectivity index (χ3v) is 20.0. The first kappa shape index (κ1) is 45.5. The maximum atomic E-state index is 2.62. The molecular formula is C75H54N2S2. The first-order valence-electron chi connectivity index (χ1n) is 27.8. The van der Waals surface area contributed by atoms with E-state index in [4.69, 9.17) is 0 Å². The minimum Gasteiger partial charge on any atom is -0.308 e. The Hall–Kier alpha value is -8.54. The van der Waals surface area contributed by atoms with E-state index in [1.165, 1.54) is 172 Å². The summed E-state index contributed by atoms with van der Waals surface area (Å²) in [6.45, 7) is 14.0. The van der Waals surface area contributed by atoms with Crippen LogP contribution >= 0.6 is 22.7 Å². The van der Waals surface area contributed by atoms with Crippen LogP contribution in [0.4, 0.5) is 0 Å². The van der Waals surface area contributed by atoms with Gasteiger partial charge in [0, 0.05) is 83.4 Å². The fourth-order valence-corrected chi connectivity index (χ4v) is 16.2. The van der Waals surface area contributed by atoms with Crippen LogP contribution in [-0.4, -0.2) is 8.80 Å². The summed E-state index contributed by atoms with van der Waals surface area (Å²) in [5.74, 6) is 0. The summed E-state index contributed by atoms with van der Waals surface area (Å²) < 4.78 is 10.6. The number of fused-ring (bicyclic) bond motifs is 20. The van der Waals surface area contributed by atoms with E-state index in [0.29, 0.717) is 0 Å². The zero-order valence-electron chi connectivity index (χ0n) is 45.0. The number of rotatable bonds is 5. The third kappa shape index (κ3) is 6.56. The molecule has 17 rings (SSSR count). The van der Waals surface area contributed by atoms with Gasteiger partial charge in [-0.05, 0) is 140 Å². The van der Waals surface area contributed by atoms with Gasteiger partial charge < -0.3 is 8.80 Å². The van der Waals surface area contributed by atoms with Gasteiger partial charge in [-0.25, -0.2) is 0 Å². The zero-order valence-corrected chi connectivity index (χ0v) is 46.7. The predicted molar refractivity (Wildman–Crippen MR) is 344 cm³/mol. The summed E-state index contributed by atoms with van der Waals surface area (Å²) in [7, 11) is 0. The van der Waals surface area contributed by atoms with E-state index in [0.717, 1.165) is 6.42 Å². The highest BCUT2D eigenvalue weighted by Crippen LogP contribution is 2.52. The monoisotopic (exact) mass is 1050 g/mol. The van der Waals surface area contributed by atoms with E-state index in [-0.39, 0.29) is 10.8 Å². The van der Waals surface area contributed by atoms with Gasteiger partial charge in [0.25, 0.3) is 0 Å². The second-order valence-electron chi connectivity index (χ2n) is 24.5. The second-order valence-corrected chi connectivity index (χ2v) is 26.6. The first-order valence-corrected chi connectivity index (χ1v) is 29.5. The van der Waals surface area contributed by atoms with Crippen LogP contribution in [-0.2, 0) is 17.3 Å². The molecular weight excluding hydrogens is 993 g/mol. The first-order chi connectivity index (χ1) is 38.4. The topological polar surface area (TPSA) is 8.82 Å². The molecule has 2 nitrogen and oxygen atoms in total. The zero-order chi connectivity index (χ0) is 52.8. The predicted octanol–water partition coefficient (Wildman–Crippen LogP) is 21.9. The fourth-order valence-electron chi connectivity index (χ4n) is 13.7. The SMILES string of the molecule is CC(C)(C)c1cc(-c2ccc3c(c2)c2c4sc5ccccc5c4cc4c5cc6c(cc5n3c42)c2cc3c4ccccc4sc3c3c4cc(Cc5cc(-c7ccccc7)cc(-c7ccccc7)c5)ccc4n6c23)cc(C(C)(C)C)c1. The molecule has 0 spiro atoms. The lowest BCUT2D eigenvalue weighted by Crippen LogP contribution is -2.16. The molecule has 6 aromatic heterocycles. The molecule has 376 valence electrons. The highest BCUT2D eigenvalue weighted by molar-refractivity contribution is 7.27. The summed E-state index contributed by atoms with van der Waals surface area (Å²) in [6, 6.07) is 79.0. The molecule has 0 aliphatic carbocycles. The van der Waals surface area contributed by atoms with Gasteiger partial charge >= 0.3 is 0 Å². The molecule has 0 N–H and O–H groups in total. The maximum Gasteiger partial charge on any atom is 0.0635 e. The molecule has 0 radical (unpaired) electrons. The van der Waals surface area contributed by atoms with Gasteiger partial charge in [0.05, 0.1) is 33.1 Å². The Balaban J connectivity index is 0.934. The Morgan fingerprint density at radius 3 is 1.29 bits per heavy atom. The van der Waals surface area contributed by atoms with Crippen molar-refractivity contribution in [3.63, 3.8) is 0 Å². The van der Waals surface area contributed by atoms with Crippen LogP contribution < -0.4 is 0 Å². The van der Waals surface area contributed by atoms with Crippen LogP contribution in [0.25, 0.3) is 150 Å². The van der Waals surface area contributed by atoms with Gasteiger partial charge in [0.1, 0.15) is 0 Å². The Morgan fingerprint density at radius 1 is 0.304 bits per heavy atom. The molecule has 4 heteroatoms. The summed E-state index contributed by atoms with van der Waals surface area (Å²) in [5, 5.41) is 15.9. The molecule has 0 saturated heterocycles. The lowest BCUT2D eigenvalue weighted by molar-refractivity contribution is 0.569. The number of hydrogen-bond donors (Lipinski definition) is 0. The van der Waals surface area contributed by atoms with Crippen molar-refractivity contribution in [3.05, 3.63) is 229 Å². The van der Waals surface area contributed by atoms with Crippen LogP contribution in [0.5, 0.6) is 0 Å². The van der Waals surface area contributed by atoms with Crippen LogP contribution in [0.1, 0.15) is 63.8 Å². The van der Waals surface area contributed by atoms with E-state index in [2.05, 4.69) is 257 Å². The van der Waals surface area contributed by atoms with Crippen molar-refractivity contribution >= 4 is 139 Å². The number of hydrogen-bond acceptors (Lipinski definition) is 2. The number of thiophene rings is 2. The highest BCUT2D eigenvalue weighted by Gasteiger charge is 2.28. The van der Waals surface area contributed by atoms with Crippen molar-refractivity contribution in [2.75, 3.05) is 0 Å². The molecule has 17 aromatic rings. The normalized spacial score (nSPS) is 13.0. The number of aromatic nitrogens is 2. The van der Waals surface area contributed by atoms with Gasteiger partial charge in [-0.1, -0.05) is 181 Å². The Morgan fingerprint density at radius 2 is 0.772 bits per heavy atom. The Bertz CT molecular complexity index is 5310. The lowest BCUT2D eigenvalue weighted by atomic mass is 9.79. The number of benzene rings is 11. The summed E-state index contributed by atoms with van der Waals surface area (Å²) >= 11 is 3.89. The van der Waals surface area contributed by atoms with Gasteiger partial charge in [0.2, 0.25) is 0 Å². The van der Waals surface area contributed by atoms with Crippen molar-refractivity contribution in [2.24, 2.45) is 0 Å². The van der Waals surface area contributed by atoms with E-state index in [9.17, 15) is 0 Å². The summed E-state index contributed by atoms with van der Waals surface area (Å²) in [4.78, 5) is 0. The highest BCUT2D eigenvalue weighted by atomic mass is 32.1. The molecule has 79 heavy (non-hydrogen) atoms. The fraction of sp³-hybridized carbons (Fsp3) is 0.120. The summed E-state index contributed by atoms with van der Waals surface area (Å²) in [6.07, 6.45) is 0.827. The van der Waals surface area contributed by atoms with Crippen molar-refractivity contribution in [2.45, 2.75) is 58.8 Å². The average Bonchev–Trinajstić information content (AvgIpc) is 2.70. The van der Waals surface area contributed by atoms with Crippen molar-refractivity contribution in [1.82, 2.24) is 8.80 Å². The van der Waals surface area contributed by atoms with Crippen LogP contribution in [0.3, 0.4) is 0 Å². The largest absolute Gasteiger partial charge is 0.308 e. The van der Waals surface area contributed by atoms with E-state index in [1.54, 1.807) is 0 Å². The second kappa shape index (κ2) is 16.0. The van der Waals surface area contributed by atoms with Crippen LogP contribution in [0.2, 0.25) is 0 Å². The van der Waals surface area contributed by atoms with Crippen LogP contribution in [0, 0.1) is 0 Å². The van der Waals surface area contributed by atoms with Crippen LogP contribution in [0.15, 0.2) is 206 Å². The van der Waals surface area contributed by atoms with Crippen molar-refractivity contribution < 1.29 is 0 Å². The van der Waals surface area contributed by atoms with Gasteiger partial charge in [-0.2, -0.15) is 0 Å². The third-order valence-electron chi connectivity index (χ3n) is 17.6. The minimum atomic E-state index is 0.0195. The van der Waals surface area contributed by atoms with Crippen molar-refractivity contribution in [1.29, 1.82) is 0 Å². The maximum absolute atomic E-state index is 2.62. The molecule has 0 atom stereocenters. The molecule has 6 heterocycles. The Labute approximate surface area is 465 Å². The minimum absolute atomic E-state index is 0.0195. The van der Waals surface area contributed by atoms with Gasteiger partial charge in [0.15, 0.2) is 0 Å². The molecule has 0 fully saturated rings. The average molecular weight is 1050 g/mol. The molecule has 0 amide bonds. The van der Waals surface area contributed by atoms with E-state index >= 15 is 0 Å². The molecule has 0 bridgehead atoms. The molecule has 0 aliphatic heterocycles. The molecule has 0 unspecified atom stereocenters. The van der Waals surface area contributed by atoms with E-state index in [1.807, 2.05) is 22.7 Å². The number of nitrogens with zero attached hydrogens (tertiary/aromatic N) is 2. The van der Waals surface area contributed by atoms with Gasteiger partial charge in [-0.15, -0.1) is 22.7 Å². The smallest absolute Gasteiger partial charge is 0.0635 e. The molecule has 11 aromatic carbocycles. The lowest BCUT2D eigenvalue weighted by Gasteiger charge is -2.26. The van der Waals surface area contributed by atoms with Gasteiger partial charge in [-0.3, -0.25) is 0 Å². The Kier molecular flexibility index (Phi) is 9.23. The molecule has 0 saturated carbocycles. The quantitative estimate of drug-likeness (QED) is 0.162. The standard InChI is InChI=1S/C75H54N2S2/c1-74(2,3)50-34-49(35-51(37-50)75(4,5)6)46-26-28-63-61(36-46)69-71-57(39-59-53-22-14-16-24-67(53)79-73(59)69)55-40-64-54(41-65(55)77(63)71)56-38-58-52-21-13-15-23-66(52)78-72(58)68-60-32-42(25-27-62(60)76(64)70(56)68)29-43-30-47(44-17-9-7-10-18-44)33-48(31-43)45-19-11-8-12-20-45/h7-28,30-41H,29H2,1-6H3. The summed E-state index contributed by atoms with van der Waals surface area (Å²) in [5.41, 5.74) is 20.6. The molecule has 0 aliphatic rings.